The van der Waals surface area contributed by atoms with Gasteiger partial charge in [0.05, 0.1) is 30.5 Å². The highest BCUT2D eigenvalue weighted by atomic mass is 35.5. The molecule has 0 radical (unpaired) electrons. The number of carbonyl (C=O) groups excluding carboxylic acids is 1. The molecule has 44 heavy (non-hydrogen) atoms. The Hall–Kier alpha value is -4.23. The summed E-state index contributed by atoms with van der Waals surface area (Å²) in [4.78, 5) is 29.8. The first-order valence-electron chi connectivity index (χ1n) is 13.7. The number of amides is 1. The van der Waals surface area contributed by atoms with Crippen LogP contribution in [0.15, 0.2) is 53.5 Å². The summed E-state index contributed by atoms with van der Waals surface area (Å²) < 4.78 is 41.8. The third-order valence-corrected chi connectivity index (χ3v) is 7.89. The van der Waals surface area contributed by atoms with Gasteiger partial charge in [0.15, 0.2) is 0 Å². The number of aliphatic hydroxyl groups excluding tert-OH is 1. The maximum absolute atomic E-state index is 15.1. The second-order valence-corrected chi connectivity index (χ2v) is 10.7. The minimum atomic E-state index is -0.754. The lowest BCUT2D eigenvalue weighted by Crippen LogP contribution is -2.46. The molecule has 1 aliphatic heterocycles. The number of pyridine rings is 1. The molecule has 5 rings (SSSR count). The molecular weight excluding hydrogens is 596 g/mol. The van der Waals surface area contributed by atoms with Gasteiger partial charge >= 0.3 is 0 Å². The molecule has 1 saturated heterocycles. The van der Waals surface area contributed by atoms with Gasteiger partial charge in [-0.1, -0.05) is 17.7 Å². The summed E-state index contributed by atoms with van der Waals surface area (Å²) in [6.07, 6.45) is 1.33. The van der Waals surface area contributed by atoms with Crippen molar-refractivity contribution >= 4 is 23.2 Å². The second kappa shape index (κ2) is 13.2. The van der Waals surface area contributed by atoms with Crippen molar-refractivity contribution in [3.8, 4) is 28.3 Å². The van der Waals surface area contributed by atoms with Crippen molar-refractivity contribution in [2.24, 2.45) is 7.05 Å². The molecule has 1 aliphatic rings. The van der Waals surface area contributed by atoms with Crippen molar-refractivity contribution in [2.75, 3.05) is 25.6 Å². The molecule has 0 saturated carbocycles. The number of nitrogens with zero attached hydrogens (tertiary/aromatic N) is 3. The zero-order valence-corrected chi connectivity index (χ0v) is 24.9. The van der Waals surface area contributed by atoms with Gasteiger partial charge < -0.3 is 25.2 Å². The lowest BCUT2D eigenvalue weighted by Gasteiger charge is -2.28. The summed E-state index contributed by atoms with van der Waals surface area (Å²) >= 11 is 6.82. The quantitative estimate of drug-likeness (QED) is 0.265. The molecule has 0 unspecified atom stereocenters. The Bertz CT molecular complexity index is 1780. The normalized spacial score (nSPS) is 16.5. The van der Waals surface area contributed by atoms with Crippen molar-refractivity contribution in [3.63, 3.8) is 0 Å². The minimum absolute atomic E-state index is 0.0806. The van der Waals surface area contributed by atoms with Crippen LogP contribution in [0.25, 0.3) is 22.4 Å². The maximum Gasteiger partial charge on any atom is 0.279 e. The van der Waals surface area contributed by atoms with Gasteiger partial charge in [0.25, 0.3) is 11.5 Å². The number of aryl methyl sites for hydroxylation is 1. The molecule has 3 N–H and O–H groups in total. The van der Waals surface area contributed by atoms with Crippen molar-refractivity contribution in [1.29, 1.82) is 0 Å². The molecule has 2 atom stereocenters. The number of hydrogen-bond donors (Lipinski definition) is 3. The predicted molar refractivity (Wildman–Crippen MR) is 161 cm³/mol. The third kappa shape index (κ3) is 6.48. The van der Waals surface area contributed by atoms with Crippen LogP contribution in [0.4, 0.5) is 14.5 Å². The number of carbonyl (C=O) groups is 1. The van der Waals surface area contributed by atoms with Crippen LogP contribution in [0.2, 0.25) is 5.02 Å². The fourth-order valence-corrected chi connectivity index (χ4v) is 5.37. The number of methoxy groups -OCH3 is 1. The van der Waals surface area contributed by atoms with Crippen LogP contribution in [-0.4, -0.2) is 58.2 Å². The van der Waals surface area contributed by atoms with Gasteiger partial charge in [0, 0.05) is 54.8 Å². The molecule has 230 valence electrons. The monoisotopic (exact) mass is 625 g/mol. The summed E-state index contributed by atoms with van der Waals surface area (Å²) in [5.74, 6) is -1.82. The van der Waals surface area contributed by atoms with Gasteiger partial charge in [0.1, 0.15) is 17.2 Å². The lowest BCUT2D eigenvalue weighted by molar-refractivity contribution is -0.0281. The van der Waals surface area contributed by atoms with Gasteiger partial charge in [0.2, 0.25) is 5.88 Å². The van der Waals surface area contributed by atoms with Crippen LogP contribution in [0, 0.1) is 18.6 Å². The van der Waals surface area contributed by atoms with Crippen molar-refractivity contribution in [1.82, 2.24) is 20.1 Å². The van der Waals surface area contributed by atoms with E-state index < -0.39 is 29.2 Å². The van der Waals surface area contributed by atoms with Gasteiger partial charge in [-0.2, -0.15) is 5.10 Å². The molecule has 2 aromatic heterocycles. The first kappa shape index (κ1) is 31.2. The van der Waals surface area contributed by atoms with Gasteiger partial charge in [-0.05, 0) is 60.9 Å². The number of ether oxygens (including phenoxy) is 2. The molecule has 2 aromatic carbocycles. The smallest absolute Gasteiger partial charge is 0.279 e. The maximum atomic E-state index is 15.1. The fourth-order valence-electron chi connectivity index (χ4n) is 5.06. The molecule has 4 aromatic rings. The van der Waals surface area contributed by atoms with Crippen molar-refractivity contribution in [2.45, 2.75) is 32.0 Å². The molecule has 13 heteroatoms. The molecule has 10 nitrogen and oxygen atoms in total. The molecule has 0 spiro atoms. The Balaban J connectivity index is 1.48. The van der Waals surface area contributed by atoms with E-state index in [0.29, 0.717) is 36.4 Å². The Morgan fingerprint density at radius 1 is 1.16 bits per heavy atom. The lowest BCUT2D eigenvalue weighted by atomic mass is 9.95. The molecular formula is C31H30ClF2N5O5. The SMILES string of the molecule is COc1nc(-c2cc(F)cc(-c3cc(F)cc(NC(=O)c4ccnn(C)c4=O)c3C)c2Cl)ccc1CN[C@@H]1CCOC[C@@H]1O. The van der Waals surface area contributed by atoms with E-state index in [1.807, 2.05) is 0 Å². The Morgan fingerprint density at radius 2 is 1.89 bits per heavy atom. The average Bonchev–Trinajstić information content (AvgIpc) is 3.00. The van der Waals surface area contributed by atoms with E-state index >= 15 is 4.39 Å². The summed E-state index contributed by atoms with van der Waals surface area (Å²) in [5, 5.41) is 19.9. The van der Waals surface area contributed by atoms with E-state index in [-0.39, 0.29) is 51.5 Å². The molecule has 1 fully saturated rings. The summed E-state index contributed by atoms with van der Waals surface area (Å²) in [7, 11) is 2.87. The van der Waals surface area contributed by atoms with E-state index in [0.717, 1.165) is 10.7 Å². The largest absolute Gasteiger partial charge is 0.481 e. The highest BCUT2D eigenvalue weighted by Crippen LogP contribution is 2.40. The Kier molecular flexibility index (Phi) is 9.35. The number of anilines is 1. The molecule has 1 amide bonds. The number of aliphatic hydroxyl groups is 1. The van der Waals surface area contributed by atoms with Crippen molar-refractivity contribution in [3.05, 3.63) is 92.4 Å². The minimum Gasteiger partial charge on any atom is -0.481 e. The summed E-state index contributed by atoms with van der Waals surface area (Å²) in [6.45, 7) is 2.79. The molecule has 0 aliphatic carbocycles. The summed E-state index contributed by atoms with van der Waals surface area (Å²) in [6, 6.07) is 9.25. The van der Waals surface area contributed by atoms with Gasteiger partial charge in [-0.25, -0.2) is 18.4 Å². The first-order valence-corrected chi connectivity index (χ1v) is 14.1. The van der Waals surface area contributed by atoms with Crippen LogP contribution in [-0.2, 0) is 18.3 Å². The predicted octanol–water partition coefficient (Wildman–Crippen LogP) is 4.25. The van der Waals surface area contributed by atoms with Crippen LogP contribution in [0.5, 0.6) is 5.88 Å². The third-order valence-electron chi connectivity index (χ3n) is 7.49. The highest BCUT2D eigenvalue weighted by molar-refractivity contribution is 6.36. The fraction of sp³-hybridized carbons (Fsp3) is 0.290. The Morgan fingerprint density at radius 3 is 2.64 bits per heavy atom. The van der Waals surface area contributed by atoms with Crippen LogP contribution in [0.3, 0.4) is 0 Å². The average molecular weight is 626 g/mol. The zero-order valence-electron chi connectivity index (χ0n) is 24.2. The number of rotatable bonds is 8. The van der Waals surface area contributed by atoms with E-state index in [1.165, 1.54) is 44.6 Å². The topological polar surface area (TPSA) is 128 Å². The highest BCUT2D eigenvalue weighted by Gasteiger charge is 2.24. The number of halogens is 3. The second-order valence-electron chi connectivity index (χ2n) is 10.4. The zero-order chi connectivity index (χ0) is 31.5. The van der Waals surface area contributed by atoms with Crippen LogP contribution in [0.1, 0.15) is 27.9 Å². The van der Waals surface area contributed by atoms with E-state index in [9.17, 15) is 19.1 Å². The Labute approximate surface area is 256 Å². The van der Waals surface area contributed by atoms with Crippen molar-refractivity contribution < 1.29 is 28.2 Å². The molecule has 0 bridgehead atoms. The number of nitrogens with one attached hydrogen (secondary N) is 2. The van der Waals surface area contributed by atoms with E-state index in [2.05, 4.69) is 20.7 Å². The van der Waals surface area contributed by atoms with Gasteiger partial charge in [-0.3, -0.25) is 9.59 Å². The van der Waals surface area contributed by atoms with Gasteiger partial charge in [-0.15, -0.1) is 0 Å². The first-order chi connectivity index (χ1) is 21.1. The molecule has 3 heterocycles. The van der Waals surface area contributed by atoms with E-state index in [1.54, 1.807) is 19.1 Å². The van der Waals surface area contributed by atoms with E-state index in [4.69, 9.17) is 21.1 Å². The number of hydrogen-bond acceptors (Lipinski definition) is 8. The standard InChI is InChI=1S/C31H30ClF2N5O5/c1-16-21(10-19(34)13-26(16)37-29(41)20-6-8-36-39(2)31(20)42)22-11-18(33)12-23(28(22)32)24-5-4-17(30(38-24)43-3)14-35-25-7-9-44-15-27(25)40/h4-6,8,10-13,25,27,35,40H,7,9,14-15H2,1-3H3,(H,37,41)/t25-,27+/m1/s1. The van der Waals surface area contributed by atoms with Crippen LogP contribution < -0.4 is 20.9 Å². The van der Waals surface area contributed by atoms with Crippen LogP contribution >= 0.6 is 11.6 Å². The summed E-state index contributed by atoms with van der Waals surface area (Å²) in [5.41, 5.74) is 1.36. The number of aromatic nitrogens is 3. The number of benzene rings is 2.